The maximum Gasteiger partial charge on any atom is 0.281 e. The third-order valence-corrected chi connectivity index (χ3v) is 7.61. The van der Waals surface area contributed by atoms with Crippen LogP contribution in [-0.2, 0) is 10.0 Å². The van der Waals surface area contributed by atoms with Gasteiger partial charge in [0.25, 0.3) is 15.9 Å². The van der Waals surface area contributed by atoms with Crippen LogP contribution >= 0.6 is 0 Å². The predicted octanol–water partition coefficient (Wildman–Crippen LogP) is 6.81. The van der Waals surface area contributed by atoms with Crippen LogP contribution in [0.3, 0.4) is 0 Å². The van der Waals surface area contributed by atoms with Crippen LogP contribution in [-0.4, -0.2) is 37.5 Å². The number of carbonyl (C=O) groups excluding carboxylic acids is 1. The Hall–Kier alpha value is -4.31. The van der Waals surface area contributed by atoms with Crippen LogP contribution in [0.2, 0.25) is 0 Å². The summed E-state index contributed by atoms with van der Waals surface area (Å²) in [5.41, 5.74) is 2.27. The number of sulfonamides is 1. The average molecular weight is 596 g/mol. The second kappa shape index (κ2) is 13.6. The number of rotatable bonds is 12. The molecule has 1 unspecified atom stereocenters. The molecule has 2 heterocycles. The summed E-state index contributed by atoms with van der Waals surface area (Å²) < 4.78 is 54.0. The van der Waals surface area contributed by atoms with E-state index in [0.29, 0.717) is 35.7 Å². The van der Waals surface area contributed by atoms with Crippen molar-refractivity contribution >= 4 is 15.9 Å². The van der Waals surface area contributed by atoms with Crippen LogP contribution in [0.5, 0.6) is 11.6 Å². The summed E-state index contributed by atoms with van der Waals surface area (Å²) in [5.74, 6) is -0.764. The smallest absolute Gasteiger partial charge is 0.281 e. The maximum atomic E-state index is 14.5. The molecule has 2 aromatic carbocycles. The maximum absolute atomic E-state index is 14.5. The van der Waals surface area contributed by atoms with Gasteiger partial charge >= 0.3 is 0 Å². The lowest BCUT2D eigenvalue weighted by Gasteiger charge is -2.16. The SMILES string of the molecule is Cc1cccc(S(=O)(=O)NC(=O)c2ccc(-c3cc(F)cc(OCC(C)C)c3)nc2OCCC(C)c2ccccc2)n1.[HH].[HH]. The molecule has 1 amide bonds. The van der Waals surface area contributed by atoms with Gasteiger partial charge in [-0.1, -0.05) is 57.2 Å². The zero-order valence-corrected chi connectivity index (χ0v) is 24.8. The minimum absolute atomic E-state index is 0. The molecule has 10 heteroatoms. The molecule has 0 fully saturated rings. The van der Waals surface area contributed by atoms with Crippen molar-refractivity contribution in [1.29, 1.82) is 0 Å². The van der Waals surface area contributed by atoms with Gasteiger partial charge in [-0.3, -0.25) is 4.79 Å². The topological polar surface area (TPSA) is 107 Å². The van der Waals surface area contributed by atoms with E-state index < -0.39 is 21.7 Å². The summed E-state index contributed by atoms with van der Waals surface area (Å²) in [7, 11) is -4.26. The number of nitrogens with one attached hydrogen (secondary N) is 1. The van der Waals surface area contributed by atoms with E-state index in [2.05, 4.69) is 21.6 Å². The second-order valence-electron chi connectivity index (χ2n) is 10.4. The fourth-order valence-corrected chi connectivity index (χ4v) is 5.10. The zero-order chi connectivity index (χ0) is 30.3. The molecule has 2 aromatic heterocycles. The number of hydrogen-bond acceptors (Lipinski definition) is 7. The van der Waals surface area contributed by atoms with E-state index in [1.807, 2.05) is 44.2 Å². The Morgan fingerprint density at radius 2 is 1.71 bits per heavy atom. The average Bonchev–Trinajstić information content (AvgIpc) is 2.96. The number of halogens is 1. The van der Waals surface area contributed by atoms with Crippen molar-refractivity contribution < 1.29 is 29.9 Å². The van der Waals surface area contributed by atoms with Crippen LogP contribution < -0.4 is 14.2 Å². The van der Waals surface area contributed by atoms with Gasteiger partial charge in [0.2, 0.25) is 5.88 Å². The number of pyridine rings is 2. The molecule has 0 spiro atoms. The molecule has 1 N–H and O–H groups in total. The molecule has 0 aliphatic heterocycles. The van der Waals surface area contributed by atoms with Gasteiger partial charge in [-0.25, -0.2) is 19.1 Å². The van der Waals surface area contributed by atoms with Crippen LogP contribution in [0, 0.1) is 18.7 Å². The summed E-state index contributed by atoms with van der Waals surface area (Å²) >= 11 is 0. The van der Waals surface area contributed by atoms with E-state index >= 15 is 0 Å². The van der Waals surface area contributed by atoms with Gasteiger partial charge in [0, 0.05) is 20.2 Å². The molecule has 0 aliphatic rings. The number of carbonyl (C=O) groups is 1. The number of aromatic nitrogens is 2. The van der Waals surface area contributed by atoms with Crippen molar-refractivity contribution in [2.45, 2.75) is 45.1 Å². The zero-order valence-electron chi connectivity index (χ0n) is 24.0. The molecule has 42 heavy (non-hydrogen) atoms. The standard InChI is InChI=1S/C32H34FN3O5S.2H2/c1-21(2)20-41-27-18-25(17-26(33)19-27)29-14-13-28(31(37)36-42(38,39)30-12-8-9-23(4)34-30)32(35-29)40-16-15-22(3)24-10-6-5-7-11-24;;/h5-14,17-19,21-22H,15-16,20H2,1-4H3,(H,36,37);2*1H. The Bertz CT molecular complexity index is 1660. The van der Waals surface area contributed by atoms with Gasteiger partial charge in [0.15, 0.2) is 5.03 Å². The largest absolute Gasteiger partial charge is 0.493 e. The molecule has 0 saturated carbocycles. The Morgan fingerprint density at radius 1 is 0.952 bits per heavy atom. The van der Waals surface area contributed by atoms with Gasteiger partial charge < -0.3 is 9.47 Å². The summed E-state index contributed by atoms with van der Waals surface area (Å²) in [4.78, 5) is 21.8. The van der Waals surface area contributed by atoms with Crippen LogP contribution in [0.25, 0.3) is 11.3 Å². The first-order chi connectivity index (χ1) is 20.0. The van der Waals surface area contributed by atoms with E-state index in [1.54, 1.807) is 19.1 Å². The number of benzene rings is 2. The van der Waals surface area contributed by atoms with E-state index in [1.165, 1.54) is 36.4 Å². The first-order valence-corrected chi connectivity index (χ1v) is 15.1. The lowest BCUT2D eigenvalue weighted by molar-refractivity contribution is 0.0976. The minimum Gasteiger partial charge on any atom is -0.493 e. The fourth-order valence-electron chi connectivity index (χ4n) is 4.12. The molecule has 1 atom stereocenters. The highest BCUT2D eigenvalue weighted by Crippen LogP contribution is 2.29. The molecule has 0 saturated heterocycles. The number of amides is 1. The molecule has 8 nitrogen and oxygen atoms in total. The van der Waals surface area contributed by atoms with Gasteiger partial charge in [-0.15, -0.1) is 0 Å². The molecular weight excluding hydrogens is 557 g/mol. The van der Waals surface area contributed by atoms with Gasteiger partial charge in [-0.05, 0) is 67.1 Å². The number of nitrogens with zero attached hydrogens (tertiary/aromatic N) is 2. The van der Waals surface area contributed by atoms with Crippen molar-refractivity contribution in [3.63, 3.8) is 0 Å². The molecular formula is C32H38FN3O5S. The number of hydrogen-bond donors (Lipinski definition) is 1. The van der Waals surface area contributed by atoms with Crippen molar-refractivity contribution in [1.82, 2.24) is 14.7 Å². The number of ether oxygens (including phenoxy) is 2. The summed E-state index contributed by atoms with van der Waals surface area (Å²) in [6.45, 7) is 8.30. The molecule has 4 rings (SSSR count). The Balaban J connectivity index is 0.00000337. The molecule has 0 aliphatic carbocycles. The summed E-state index contributed by atoms with van der Waals surface area (Å²) in [5, 5.41) is -0.284. The molecule has 4 aromatic rings. The van der Waals surface area contributed by atoms with E-state index in [0.717, 1.165) is 5.56 Å². The van der Waals surface area contributed by atoms with E-state index in [9.17, 15) is 17.6 Å². The monoisotopic (exact) mass is 595 g/mol. The lowest BCUT2D eigenvalue weighted by atomic mass is 9.98. The lowest BCUT2D eigenvalue weighted by Crippen LogP contribution is -2.31. The molecule has 0 radical (unpaired) electrons. The Morgan fingerprint density at radius 3 is 2.43 bits per heavy atom. The predicted molar refractivity (Wildman–Crippen MR) is 163 cm³/mol. The summed E-state index contributed by atoms with van der Waals surface area (Å²) in [6.07, 6.45) is 0.607. The third kappa shape index (κ3) is 8.13. The van der Waals surface area contributed by atoms with Gasteiger partial charge in [0.05, 0.1) is 18.9 Å². The van der Waals surface area contributed by atoms with Gasteiger partial charge in [-0.2, -0.15) is 8.42 Å². The van der Waals surface area contributed by atoms with Crippen molar-refractivity contribution in [3.05, 3.63) is 102 Å². The first-order valence-electron chi connectivity index (χ1n) is 13.6. The van der Waals surface area contributed by atoms with Gasteiger partial charge in [0.1, 0.15) is 17.1 Å². The minimum atomic E-state index is -4.26. The highest BCUT2D eigenvalue weighted by Gasteiger charge is 2.24. The van der Waals surface area contributed by atoms with Crippen LogP contribution in [0.1, 0.15) is 57.6 Å². The Labute approximate surface area is 249 Å². The van der Waals surface area contributed by atoms with Crippen molar-refractivity contribution in [2.24, 2.45) is 5.92 Å². The van der Waals surface area contributed by atoms with Crippen molar-refractivity contribution in [2.75, 3.05) is 13.2 Å². The number of aryl methyl sites for hydroxylation is 1. The highest BCUT2D eigenvalue weighted by atomic mass is 32.2. The quantitative estimate of drug-likeness (QED) is 0.192. The fraction of sp³-hybridized carbons (Fsp3) is 0.281. The summed E-state index contributed by atoms with van der Waals surface area (Å²) in [6, 6.07) is 21.6. The van der Waals surface area contributed by atoms with E-state index in [4.69, 9.17) is 9.47 Å². The van der Waals surface area contributed by atoms with Crippen LogP contribution in [0.15, 0.2) is 83.9 Å². The molecule has 224 valence electrons. The second-order valence-corrected chi connectivity index (χ2v) is 12.1. The first kappa shape index (κ1) is 30.6. The van der Waals surface area contributed by atoms with Crippen molar-refractivity contribution in [3.8, 4) is 22.9 Å². The van der Waals surface area contributed by atoms with Crippen LogP contribution in [0.4, 0.5) is 4.39 Å². The normalized spacial score (nSPS) is 12.1. The van der Waals surface area contributed by atoms with E-state index in [-0.39, 0.29) is 37.8 Å². The highest BCUT2D eigenvalue weighted by molar-refractivity contribution is 7.90. The third-order valence-electron chi connectivity index (χ3n) is 6.38. The Kier molecular flexibility index (Phi) is 9.90. The molecule has 0 bridgehead atoms.